The summed E-state index contributed by atoms with van der Waals surface area (Å²) in [6.07, 6.45) is -2.78. The van der Waals surface area contributed by atoms with E-state index in [0.717, 1.165) is 36.2 Å². The van der Waals surface area contributed by atoms with E-state index in [1.54, 1.807) is 4.90 Å². The number of halogens is 3. The Morgan fingerprint density at radius 3 is 2.38 bits per heavy atom. The fourth-order valence-electron chi connectivity index (χ4n) is 4.18. The van der Waals surface area contributed by atoms with Crippen LogP contribution >= 0.6 is 0 Å². The molecule has 0 spiro atoms. The van der Waals surface area contributed by atoms with Crippen LogP contribution in [-0.4, -0.2) is 62.8 Å². The summed E-state index contributed by atoms with van der Waals surface area (Å²) >= 11 is 0. The number of sulfonamides is 1. The number of hydrogen-bond donors (Lipinski definition) is 0. The van der Waals surface area contributed by atoms with Crippen molar-refractivity contribution in [2.45, 2.75) is 23.9 Å². The average molecular weight is 468 g/mol. The number of carbonyl (C=O) groups excluding carboxylic acids is 1. The maximum Gasteiger partial charge on any atom is 0.416 e. The second-order valence-electron chi connectivity index (χ2n) is 7.98. The number of carbonyl (C=O) groups is 1. The zero-order chi connectivity index (χ0) is 22.9. The van der Waals surface area contributed by atoms with E-state index < -0.39 is 21.8 Å². The molecule has 1 saturated heterocycles. The monoisotopic (exact) mass is 467 g/mol. The van der Waals surface area contributed by atoms with Gasteiger partial charge >= 0.3 is 6.18 Å². The van der Waals surface area contributed by atoms with Crippen molar-refractivity contribution in [2.75, 3.05) is 44.2 Å². The first kappa shape index (κ1) is 22.8. The summed E-state index contributed by atoms with van der Waals surface area (Å²) in [7, 11) is -4.05. The van der Waals surface area contributed by atoms with Crippen LogP contribution in [0, 0.1) is 0 Å². The molecule has 2 heterocycles. The quantitative estimate of drug-likeness (QED) is 0.694. The summed E-state index contributed by atoms with van der Waals surface area (Å²) in [6, 6.07) is 11.6. The third-order valence-electron chi connectivity index (χ3n) is 5.90. The van der Waals surface area contributed by atoms with Crippen LogP contribution in [0.25, 0.3) is 0 Å². The minimum atomic E-state index is -4.61. The van der Waals surface area contributed by atoms with E-state index in [4.69, 9.17) is 0 Å². The van der Waals surface area contributed by atoms with Gasteiger partial charge in [-0.3, -0.25) is 9.69 Å². The van der Waals surface area contributed by atoms with Gasteiger partial charge in [-0.2, -0.15) is 17.5 Å². The van der Waals surface area contributed by atoms with Crippen molar-refractivity contribution in [3.8, 4) is 0 Å². The van der Waals surface area contributed by atoms with Gasteiger partial charge in [-0.15, -0.1) is 0 Å². The molecular formula is C22H24F3N3O3S. The van der Waals surface area contributed by atoms with Gasteiger partial charge in [0.1, 0.15) is 0 Å². The number of alkyl halides is 3. The Bertz CT molecular complexity index is 1100. The third-order valence-corrected chi connectivity index (χ3v) is 7.80. The molecule has 0 aliphatic carbocycles. The van der Waals surface area contributed by atoms with E-state index >= 15 is 0 Å². The molecule has 1 amide bonds. The van der Waals surface area contributed by atoms with Crippen LogP contribution in [0.2, 0.25) is 0 Å². The fourth-order valence-corrected chi connectivity index (χ4v) is 5.65. The molecule has 0 unspecified atom stereocenters. The van der Waals surface area contributed by atoms with Crippen molar-refractivity contribution < 1.29 is 26.4 Å². The Morgan fingerprint density at radius 2 is 1.66 bits per heavy atom. The highest BCUT2D eigenvalue weighted by molar-refractivity contribution is 7.89. The summed E-state index contributed by atoms with van der Waals surface area (Å²) in [5.41, 5.74) is 1.07. The third kappa shape index (κ3) is 4.67. The summed E-state index contributed by atoms with van der Waals surface area (Å²) in [6.45, 7) is 1.72. The summed E-state index contributed by atoms with van der Waals surface area (Å²) in [4.78, 5) is 16.2. The van der Waals surface area contributed by atoms with E-state index in [2.05, 4.69) is 0 Å². The normalized spacial score (nSPS) is 18.4. The van der Waals surface area contributed by atoms with Crippen LogP contribution in [-0.2, 0) is 27.4 Å². The van der Waals surface area contributed by atoms with Gasteiger partial charge in [-0.1, -0.05) is 24.3 Å². The van der Waals surface area contributed by atoms with E-state index in [-0.39, 0.29) is 30.4 Å². The van der Waals surface area contributed by atoms with Crippen molar-refractivity contribution in [1.82, 2.24) is 9.21 Å². The number of para-hydroxylation sites is 1. The van der Waals surface area contributed by atoms with Crippen LogP contribution in [0.4, 0.5) is 18.9 Å². The number of anilines is 1. The highest BCUT2D eigenvalue weighted by Crippen LogP contribution is 2.31. The molecule has 2 aromatic carbocycles. The first-order chi connectivity index (χ1) is 15.2. The second kappa shape index (κ2) is 8.84. The van der Waals surface area contributed by atoms with Gasteiger partial charge in [0.05, 0.1) is 17.0 Å². The maximum absolute atomic E-state index is 13.0. The number of hydrogen-bond acceptors (Lipinski definition) is 4. The maximum atomic E-state index is 13.0. The highest BCUT2D eigenvalue weighted by atomic mass is 32.2. The lowest BCUT2D eigenvalue weighted by molar-refractivity contribution is -0.137. The molecule has 0 N–H and O–H groups in total. The second-order valence-corrected chi connectivity index (χ2v) is 9.92. The van der Waals surface area contributed by atoms with Crippen molar-refractivity contribution in [1.29, 1.82) is 0 Å². The minimum Gasteiger partial charge on any atom is -0.311 e. The van der Waals surface area contributed by atoms with E-state index in [1.165, 1.54) is 10.4 Å². The van der Waals surface area contributed by atoms with Gasteiger partial charge in [-0.05, 0) is 42.7 Å². The number of rotatable bonds is 4. The van der Waals surface area contributed by atoms with Gasteiger partial charge in [0.25, 0.3) is 0 Å². The first-order valence-electron chi connectivity index (χ1n) is 10.4. The topological polar surface area (TPSA) is 60.9 Å². The van der Waals surface area contributed by atoms with Crippen LogP contribution in [0.5, 0.6) is 0 Å². The molecule has 4 rings (SSSR count). The number of nitrogens with zero attached hydrogens (tertiary/aromatic N) is 3. The number of benzene rings is 2. The molecule has 2 aliphatic heterocycles. The predicted octanol–water partition coefficient (Wildman–Crippen LogP) is 2.99. The van der Waals surface area contributed by atoms with Crippen LogP contribution in [0.15, 0.2) is 53.4 Å². The molecule has 0 atom stereocenters. The molecule has 10 heteroatoms. The van der Waals surface area contributed by atoms with Gasteiger partial charge in [-0.25, -0.2) is 8.42 Å². The van der Waals surface area contributed by atoms with Gasteiger partial charge in [0.15, 0.2) is 0 Å². The molecule has 2 aromatic rings. The Labute approximate surface area is 185 Å². The Balaban J connectivity index is 1.39. The van der Waals surface area contributed by atoms with E-state index in [9.17, 15) is 26.4 Å². The fraction of sp³-hybridized carbons (Fsp3) is 0.409. The zero-order valence-electron chi connectivity index (χ0n) is 17.4. The van der Waals surface area contributed by atoms with Crippen molar-refractivity contribution in [3.05, 3.63) is 59.7 Å². The van der Waals surface area contributed by atoms with Crippen molar-refractivity contribution in [3.63, 3.8) is 0 Å². The SMILES string of the molecule is O=C(CN1CCN(S(=O)(=O)c2cccc(C(F)(F)F)c2)CC1)N1CCCc2ccccc21. The average Bonchev–Trinajstić information content (AvgIpc) is 2.78. The number of aryl methyl sites for hydroxylation is 1. The van der Waals surface area contributed by atoms with Crippen LogP contribution < -0.4 is 4.90 Å². The van der Waals surface area contributed by atoms with Crippen LogP contribution in [0.3, 0.4) is 0 Å². The highest BCUT2D eigenvalue weighted by Gasteiger charge is 2.34. The lowest BCUT2D eigenvalue weighted by Gasteiger charge is -2.36. The molecule has 172 valence electrons. The lowest BCUT2D eigenvalue weighted by atomic mass is 10.0. The van der Waals surface area contributed by atoms with Crippen molar-refractivity contribution >= 4 is 21.6 Å². The molecule has 6 nitrogen and oxygen atoms in total. The van der Waals surface area contributed by atoms with Gasteiger partial charge in [0.2, 0.25) is 15.9 Å². The standard InChI is InChI=1S/C22H24F3N3O3S/c23-22(24,25)18-7-3-8-19(15-18)32(30,31)27-13-11-26(12-14-27)16-21(29)28-10-4-6-17-5-1-2-9-20(17)28/h1-3,5,7-9,15H,4,6,10-14,16H2. The zero-order valence-corrected chi connectivity index (χ0v) is 18.2. The van der Waals surface area contributed by atoms with E-state index in [1.807, 2.05) is 29.2 Å². The first-order valence-corrected chi connectivity index (χ1v) is 11.9. The molecule has 2 aliphatic rings. The van der Waals surface area contributed by atoms with Crippen molar-refractivity contribution in [2.24, 2.45) is 0 Å². The minimum absolute atomic E-state index is 0.0358. The Morgan fingerprint density at radius 1 is 0.938 bits per heavy atom. The summed E-state index contributed by atoms with van der Waals surface area (Å²) < 4.78 is 65.8. The summed E-state index contributed by atoms with van der Waals surface area (Å²) in [5.74, 6) is -0.0358. The molecule has 1 fully saturated rings. The number of piperazine rings is 1. The number of amides is 1. The molecule has 0 saturated carbocycles. The smallest absolute Gasteiger partial charge is 0.311 e. The summed E-state index contributed by atoms with van der Waals surface area (Å²) in [5, 5.41) is 0. The molecule has 0 radical (unpaired) electrons. The molecule has 32 heavy (non-hydrogen) atoms. The molecular weight excluding hydrogens is 443 g/mol. The largest absolute Gasteiger partial charge is 0.416 e. The number of fused-ring (bicyclic) bond motifs is 1. The lowest BCUT2D eigenvalue weighted by Crippen LogP contribution is -2.52. The molecule has 0 bridgehead atoms. The Hall–Kier alpha value is -2.43. The van der Waals surface area contributed by atoms with Crippen LogP contribution in [0.1, 0.15) is 17.5 Å². The predicted molar refractivity (Wildman–Crippen MR) is 114 cm³/mol. The Kier molecular flexibility index (Phi) is 6.28. The van der Waals surface area contributed by atoms with Gasteiger partial charge < -0.3 is 4.90 Å². The van der Waals surface area contributed by atoms with Gasteiger partial charge in [0, 0.05) is 38.4 Å². The van der Waals surface area contributed by atoms with E-state index in [0.29, 0.717) is 25.7 Å². The molecule has 0 aromatic heterocycles.